The molecule has 21 heavy (non-hydrogen) atoms. The molecule has 3 heterocycles. The number of amides is 2. The van der Waals surface area contributed by atoms with Crippen LogP contribution in [0.5, 0.6) is 0 Å². The number of piperidine rings is 1. The lowest BCUT2D eigenvalue weighted by Gasteiger charge is -2.24. The first-order chi connectivity index (χ1) is 10.1. The molecule has 6 heteroatoms. The number of aromatic nitrogens is 1. The summed E-state index contributed by atoms with van der Waals surface area (Å²) < 4.78 is 1.71. The van der Waals surface area contributed by atoms with E-state index in [0.717, 1.165) is 19.6 Å². The van der Waals surface area contributed by atoms with Crippen LogP contribution in [0.1, 0.15) is 23.3 Å². The van der Waals surface area contributed by atoms with E-state index in [0.29, 0.717) is 24.2 Å². The van der Waals surface area contributed by atoms with Crippen LogP contribution in [0.3, 0.4) is 0 Å². The number of hydrogen-bond donors (Lipinski definition) is 2. The van der Waals surface area contributed by atoms with Crippen LogP contribution in [-0.2, 0) is 11.8 Å². The van der Waals surface area contributed by atoms with E-state index in [1.54, 1.807) is 29.9 Å². The molecule has 2 fully saturated rings. The molecule has 114 valence electrons. The van der Waals surface area contributed by atoms with Gasteiger partial charge in [-0.15, -0.1) is 0 Å². The van der Waals surface area contributed by atoms with Gasteiger partial charge in [0.1, 0.15) is 5.69 Å². The van der Waals surface area contributed by atoms with Crippen molar-refractivity contribution in [3.8, 4) is 0 Å². The Morgan fingerprint density at radius 2 is 2.29 bits per heavy atom. The van der Waals surface area contributed by atoms with E-state index >= 15 is 0 Å². The number of imide groups is 1. The molecule has 0 unspecified atom stereocenters. The maximum atomic E-state index is 12.0. The Bertz CT molecular complexity index is 526. The predicted molar refractivity (Wildman–Crippen MR) is 78.8 cm³/mol. The van der Waals surface area contributed by atoms with Crippen LogP contribution < -0.4 is 10.6 Å². The van der Waals surface area contributed by atoms with Crippen LogP contribution in [0.15, 0.2) is 18.3 Å². The summed E-state index contributed by atoms with van der Waals surface area (Å²) >= 11 is 0. The highest BCUT2D eigenvalue weighted by atomic mass is 16.2. The van der Waals surface area contributed by atoms with E-state index in [4.69, 9.17) is 0 Å². The Morgan fingerprint density at radius 3 is 3.00 bits per heavy atom. The molecule has 0 radical (unpaired) electrons. The molecule has 2 saturated heterocycles. The highest BCUT2D eigenvalue weighted by molar-refractivity contribution is 6.04. The van der Waals surface area contributed by atoms with Crippen LogP contribution in [-0.4, -0.2) is 53.5 Å². The quantitative estimate of drug-likeness (QED) is 0.820. The van der Waals surface area contributed by atoms with Crippen LogP contribution >= 0.6 is 0 Å². The Morgan fingerprint density at radius 1 is 1.43 bits per heavy atom. The fourth-order valence-electron chi connectivity index (χ4n) is 3.40. The van der Waals surface area contributed by atoms with Crippen LogP contribution in [0.2, 0.25) is 0 Å². The summed E-state index contributed by atoms with van der Waals surface area (Å²) in [6, 6.07) is 4.00. The molecule has 3 rings (SSSR count). The molecule has 2 amide bonds. The van der Waals surface area contributed by atoms with Crippen LogP contribution in [0.4, 0.5) is 0 Å². The first kappa shape index (κ1) is 14.3. The normalized spacial score (nSPS) is 25.6. The van der Waals surface area contributed by atoms with Gasteiger partial charge in [0.05, 0.1) is 6.54 Å². The highest BCUT2D eigenvalue weighted by Crippen LogP contribution is 2.24. The summed E-state index contributed by atoms with van der Waals surface area (Å²) in [6.07, 6.45) is 4.24. The molecule has 2 atom stereocenters. The Labute approximate surface area is 124 Å². The Balaban J connectivity index is 1.51. The molecule has 2 aliphatic heterocycles. The summed E-state index contributed by atoms with van der Waals surface area (Å²) in [5.74, 6) is 0.0946. The minimum absolute atomic E-state index is 0.222. The van der Waals surface area contributed by atoms with Gasteiger partial charge >= 0.3 is 0 Å². The maximum Gasteiger partial charge on any atom is 0.274 e. The van der Waals surface area contributed by atoms with Crippen molar-refractivity contribution in [2.75, 3.05) is 26.2 Å². The van der Waals surface area contributed by atoms with Crippen molar-refractivity contribution < 1.29 is 9.59 Å². The average Bonchev–Trinajstić information content (AvgIpc) is 3.03. The second-order valence-electron chi connectivity index (χ2n) is 6.04. The van der Waals surface area contributed by atoms with Gasteiger partial charge in [0, 0.05) is 32.4 Å². The van der Waals surface area contributed by atoms with Gasteiger partial charge in [-0.3, -0.25) is 19.8 Å². The molecular weight excluding hydrogens is 268 g/mol. The molecule has 6 nitrogen and oxygen atoms in total. The van der Waals surface area contributed by atoms with Crippen LogP contribution in [0.25, 0.3) is 0 Å². The van der Waals surface area contributed by atoms with Gasteiger partial charge in [-0.25, -0.2) is 0 Å². The smallest absolute Gasteiger partial charge is 0.274 e. The average molecular weight is 290 g/mol. The largest absolute Gasteiger partial charge is 0.347 e. The van der Waals surface area contributed by atoms with Crippen molar-refractivity contribution in [3.63, 3.8) is 0 Å². The topological polar surface area (TPSA) is 66.4 Å². The standard InChI is InChI=1S/C15H22N4O2/c1-18-7-3-5-13(18)15(21)17-14(20)10-19-8-11-4-2-6-16-12(11)9-19/h3,5,7,11-12,16H,2,4,6,8-10H2,1H3,(H,17,20,21)/t11-,12+/m0/s1. The molecule has 1 aromatic heterocycles. The summed E-state index contributed by atoms with van der Waals surface area (Å²) in [4.78, 5) is 26.1. The van der Waals surface area contributed by atoms with E-state index in [1.165, 1.54) is 12.8 Å². The minimum Gasteiger partial charge on any atom is -0.347 e. The van der Waals surface area contributed by atoms with Crippen LogP contribution in [0, 0.1) is 5.92 Å². The third-order valence-electron chi connectivity index (χ3n) is 4.47. The molecule has 0 bridgehead atoms. The summed E-state index contributed by atoms with van der Waals surface area (Å²) in [7, 11) is 1.79. The lowest BCUT2D eigenvalue weighted by molar-refractivity contribution is -0.121. The fourth-order valence-corrected chi connectivity index (χ4v) is 3.40. The van der Waals surface area contributed by atoms with Crippen molar-refractivity contribution in [2.24, 2.45) is 13.0 Å². The number of aryl methyl sites for hydroxylation is 1. The number of likely N-dealkylation sites (tertiary alicyclic amines) is 1. The maximum absolute atomic E-state index is 12.0. The number of hydrogen-bond acceptors (Lipinski definition) is 4. The third kappa shape index (κ3) is 3.16. The SMILES string of the molecule is Cn1cccc1C(=O)NC(=O)CN1C[C@@H]2CCCN[C@@H]2C1. The highest BCUT2D eigenvalue weighted by Gasteiger charge is 2.34. The molecule has 2 aliphatic rings. The van der Waals surface area contributed by atoms with Gasteiger partial charge in [-0.1, -0.05) is 0 Å². The van der Waals surface area contributed by atoms with Crippen molar-refractivity contribution in [2.45, 2.75) is 18.9 Å². The van der Waals surface area contributed by atoms with Gasteiger partial charge < -0.3 is 9.88 Å². The Hall–Kier alpha value is -1.66. The van der Waals surface area contributed by atoms with Crippen molar-refractivity contribution in [1.29, 1.82) is 0 Å². The van der Waals surface area contributed by atoms with Crippen molar-refractivity contribution in [1.82, 2.24) is 20.1 Å². The van der Waals surface area contributed by atoms with Crippen molar-refractivity contribution in [3.05, 3.63) is 24.0 Å². The molecular formula is C15H22N4O2. The summed E-state index contributed by atoms with van der Waals surface area (Å²) in [5.41, 5.74) is 0.500. The lowest BCUT2D eigenvalue weighted by atomic mass is 9.94. The van der Waals surface area contributed by atoms with Gasteiger partial charge in [0.25, 0.3) is 5.91 Å². The number of nitrogens with one attached hydrogen (secondary N) is 2. The third-order valence-corrected chi connectivity index (χ3v) is 4.47. The van der Waals surface area contributed by atoms with Crippen molar-refractivity contribution >= 4 is 11.8 Å². The summed E-state index contributed by atoms with van der Waals surface area (Å²) in [6.45, 7) is 3.22. The molecule has 0 spiro atoms. The first-order valence-corrected chi connectivity index (χ1v) is 7.55. The monoisotopic (exact) mass is 290 g/mol. The fraction of sp³-hybridized carbons (Fsp3) is 0.600. The van der Waals surface area contributed by atoms with E-state index < -0.39 is 0 Å². The van der Waals surface area contributed by atoms with E-state index in [9.17, 15) is 9.59 Å². The number of rotatable bonds is 3. The van der Waals surface area contributed by atoms with E-state index in [-0.39, 0.29) is 11.8 Å². The number of carbonyl (C=O) groups is 2. The van der Waals surface area contributed by atoms with Gasteiger partial charge in [0.2, 0.25) is 5.91 Å². The molecule has 1 aromatic rings. The second kappa shape index (κ2) is 5.99. The number of nitrogens with zero attached hydrogens (tertiary/aromatic N) is 2. The minimum atomic E-state index is -0.331. The first-order valence-electron chi connectivity index (χ1n) is 7.55. The van der Waals surface area contributed by atoms with E-state index in [2.05, 4.69) is 15.5 Å². The zero-order valence-electron chi connectivity index (χ0n) is 12.3. The zero-order chi connectivity index (χ0) is 14.8. The number of carbonyl (C=O) groups excluding carboxylic acids is 2. The second-order valence-corrected chi connectivity index (χ2v) is 6.04. The lowest BCUT2D eigenvalue weighted by Crippen LogP contribution is -2.42. The molecule has 0 aromatic carbocycles. The Kier molecular flexibility index (Phi) is 4.07. The summed E-state index contributed by atoms with van der Waals surface area (Å²) in [5, 5.41) is 5.98. The zero-order valence-corrected chi connectivity index (χ0v) is 12.3. The molecule has 2 N–H and O–H groups in total. The molecule has 0 aliphatic carbocycles. The number of fused-ring (bicyclic) bond motifs is 1. The van der Waals surface area contributed by atoms with Gasteiger partial charge in [0.15, 0.2) is 0 Å². The predicted octanol–water partition coefficient (Wildman–Crippen LogP) is -0.0347. The van der Waals surface area contributed by atoms with Gasteiger partial charge in [-0.2, -0.15) is 0 Å². The van der Waals surface area contributed by atoms with Gasteiger partial charge in [-0.05, 0) is 37.4 Å². The molecule has 0 saturated carbocycles. The van der Waals surface area contributed by atoms with E-state index in [1.807, 2.05) is 0 Å².